The maximum Gasteiger partial charge on any atom is 0.225 e. The molecule has 0 radical (unpaired) electrons. The number of hydrogen-bond acceptors (Lipinski definition) is 3. The zero-order valence-corrected chi connectivity index (χ0v) is 11.6. The second-order valence-electron chi connectivity index (χ2n) is 4.70. The van der Waals surface area contributed by atoms with Gasteiger partial charge in [-0.2, -0.15) is 0 Å². The minimum atomic E-state index is 0.175. The Morgan fingerprint density at radius 1 is 1.37 bits per heavy atom. The van der Waals surface area contributed by atoms with E-state index < -0.39 is 0 Å². The van der Waals surface area contributed by atoms with Crippen LogP contribution in [-0.2, 0) is 6.42 Å². The molecule has 3 rings (SSSR count). The van der Waals surface area contributed by atoms with Crippen molar-refractivity contribution in [2.24, 2.45) is 0 Å². The Labute approximate surface area is 117 Å². The topological polar surface area (TPSA) is 39.9 Å². The predicted molar refractivity (Wildman–Crippen MR) is 73.7 cm³/mol. The van der Waals surface area contributed by atoms with Crippen molar-refractivity contribution in [1.82, 2.24) is 14.8 Å². The molecule has 0 bridgehead atoms. The molecule has 5 heteroatoms. The van der Waals surface area contributed by atoms with Gasteiger partial charge in [-0.15, -0.1) is 10.2 Å². The van der Waals surface area contributed by atoms with E-state index in [2.05, 4.69) is 23.2 Å². The molecule has 1 aliphatic rings. The summed E-state index contributed by atoms with van der Waals surface area (Å²) in [5, 5.41) is 8.68. The van der Waals surface area contributed by atoms with Crippen LogP contribution in [0.2, 0.25) is 5.28 Å². The second kappa shape index (κ2) is 5.21. The number of rotatable bonds is 3. The summed E-state index contributed by atoms with van der Waals surface area (Å²) in [4.78, 5) is 0. The van der Waals surface area contributed by atoms with Gasteiger partial charge in [0.25, 0.3) is 0 Å². The van der Waals surface area contributed by atoms with Gasteiger partial charge in [0.2, 0.25) is 5.28 Å². The number of nitrogens with zero attached hydrogens (tertiary/aromatic N) is 3. The highest BCUT2D eigenvalue weighted by atomic mass is 35.5. The van der Waals surface area contributed by atoms with E-state index in [9.17, 15) is 0 Å². The van der Waals surface area contributed by atoms with Gasteiger partial charge in [-0.1, -0.05) is 25.1 Å². The molecule has 2 heterocycles. The molecular formula is C14H16ClN3O. The van der Waals surface area contributed by atoms with E-state index in [1.807, 2.05) is 22.8 Å². The van der Waals surface area contributed by atoms with Crippen molar-refractivity contribution in [3.05, 3.63) is 40.9 Å². The lowest BCUT2D eigenvalue weighted by atomic mass is 10.00. The fourth-order valence-corrected chi connectivity index (χ4v) is 2.85. The van der Waals surface area contributed by atoms with Gasteiger partial charge >= 0.3 is 0 Å². The van der Waals surface area contributed by atoms with Crippen LogP contribution in [0.3, 0.4) is 0 Å². The zero-order chi connectivity index (χ0) is 13.2. The average molecular weight is 278 g/mol. The maximum atomic E-state index is 6.23. The lowest BCUT2D eigenvalue weighted by Crippen LogP contribution is -2.22. The molecule has 0 spiro atoms. The SMILES string of the molecule is CCCc1nnc(Cl)n1C1CCOc2ccccc21. The number of para-hydroxylation sites is 1. The van der Waals surface area contributed by atoms with Crippen LogP contribution in [-0.4, -0.2) is 21.4 Å². The molecule has 4 nitrogen and oxygen atoms in total. The molecule has 1 unspecified atom stereocenters. The van der Waals surface area contributed by atoms with Crippen LogP contribution in [0.5, 0.6) is 5.75 Å². The van der Waals surface area contributed by atoms with Gasteiger partial charge < -0.3 is 4.74 Å². The molecule has 2 aromatic rings. The first-order valence-electron chi connectivity index (χ1n) is 6.62. The summed E-state index contributed by atoms with van der Waals surface area (Å²) in [6.07, 6.45) is 2.81. The van der Waals surface area contributed by atoms with Gasteiger partial charge in [-0.25, -0.2) is 0 Å². The molecule has 0 N–H and O–H groups in total. The summed E-state index contributed by atoms with van der Waals surface area (Å²) in [6.45, 7) is 2.83. The van der Waals surface area contributed by atoms with Gasteiger partial charge in [-0.05, 0) is 24.1 Å². The van der Waals surface area contributed by atoms with Crippen molar-refractivity contribution in [2.75, 3.05) is 6.61 Å². The number of ether oxygens (including phenoxy) is 1. The Kier molecular flexibility index (Phi) is 3.42. The minimum absolute atomic E-state index is 0.175. The Morgan fingerprint density at radius 3 is 3.05 bits per heavy atom. The molecule has 1 aliphatic heterocycles. The molecular weight excluding hydrogens is 262 g/mol. The van der Waals surface area contributed by atoms with E-state index in [-0.39, 0.29) is 6.04 Å². The summed E-state index contributed by atoms with van der Waals surface area (Å²) in [5.74, 6) is 1.89. The van der Waals surface area contributed by atoms with Crippen molar-refractivity contribution in [1.29, 1.82) is 0 Å². The van der Waals surface area contributed by atoms with Crippen LogP contribution in [0.15, 0.2) is 24.3 Å². The molecule has 0 aliphatic carbocycles. The molecule has 1 aromatic heterocycles. The van der Waals surface area contributed by atoms with Crippen LogP contribution >= 0.6 is 11.6 Å². The van der Waals surface area contributed by atoms with E-state index in [1.54, 1.807) is 0 Å². The van der Waals surface area contributed by atoms with Crippen molar-refractivity contribution in [2.45, 2.75) is 32.2 Å². The first-order chi connectivity index (χ1) is 9.31. The molecule has 1 aromatic carbocycles. The third kappa shape index (κ3) is 2.21. The summed E-state index contributed by atoms with van der Waals surface area (Å²) < 4.78 is 7.74. The molecule has 1 atom stereocenters. The lowest BCUT2D eigenvalue weighted by molar-refractivity contribution is 0.254. The maximum absolute atomic E-state index is 6.23. The number of hydrogen-bond donors (Lipinski definition) is 0. The quantitative estimate of drug-likeness (QED) is 0.864. The van der Waals surface area contributed by atoms with Crippen molar-refractivity contribution in [3.8, 4) is 5.75 Å². The molecule has 100 valence electrons. The minimum Gasteiger partial charge on any atom is -0.493 e. The van der Waals surface area contributed by atoms with Crippen LogP contribution < -0.4 is 4.74 Å². The van der Waals surface area contributed by atoms with Gasteiger partial charge in [0, 0.05) is 18.4 Å². The molecule has 19 heavy (non-hydrogen) atoms. The van der Waals surface area contributed by atoms with Crippen LogP contribution in [0, 0.1) is 0 Å². The van der Waals surface area contributed by atoms with Crippen molar-refractivity contribution in [3.63, 3.8) is 0 Å². The Morgan fingerprint density at radius 2 is 2.21 bits per heavy atom. The van der Waals surface area contributed by atoms with Crippen molar-refractivity contribution >= 4 is 11.6 Å². The van der Waals surface area contributed by atoms with E-state index in [1.165, 1.54) is 0 Å². The lowest BCUT2D eigenvalue weighted by Gasteiger charge is -2.28. The van der Waals surface area contributed by atoms with E-state index in [4.69, 9.17) is 16.3 Å². The highest BCUT2D eigenvalue weighted by Gasteiger charge is 2.26. The van der Waals surface area contributed by atoms with Gasteiger partial charge in [-0.3, -0.25) is 4.57 Å². The molecule has 0 saturated carbocycles. The number of aryl methyl sites for hydroxylation is 1. The van der Waals surface area contributed by atoms with Crippen LogP contribution in [0.25, 0.3) is 0 Å². The molecule has 0 fully saturated rings. The molecule has 0 saturated heterocycles. The van der Waals surface area contributed by atoms with Gasteiger partial charge in [0.15, 0.2) is 0 Å². The largest absolute Gasteiger partial charge is 0.493 e. The Balaban J connectivity index is 2.06. The molecule has 0 amide bonds. The number of benzene rings is 1. The summed E-state index contributed by atoms with van der Waals surface area (Å²) in [5.41, 5.74) is 1.16. The summed E-state index contributed by atoms with van der Waals surface area (Å²) in [6, 6.07) is 8.28. The van der Waals surface area contributed by atoms with Crippen LogP contribution in [0.4, 0.5) is 0 Å². The highest BCUT2D eigenvalue weighted by Crippen LogP contribution is 2.36. The van der Waals surface area contributed by atoms with Crippen LogP contribution in [0.1, 0.15) is 37.2 Å². The normalized spacial score (nSPS) is 17.9. The van der Waals surface area contributed by atoms with E-state index in [0.29, 0.717) is 11.9 Å². The summed E-state index contributed by atoms with van der Waals surface area (Å²) in [7, 11) is 0. The Bertz CT molecular complexity index is 582. The third-order valence-corrected chi connectivity index (χ3v) is 3.69. The fraction of sp³-hybridized carbons (Fsp3) is 0.429. The van der Waals surface area contributed by atoms with Gasteiger partial charge in [0.1, 0.15) is 11.6 Å². The summed E-state index contributed by atoms with van der Waals surface area (Å²) >= 11 is 6.23. The third-order valence-electron chi connectivity index (χ3n) is 3.44. The average Bonchev–Trinajstić information content (AvgIpc) is 2.80. The number of halogens is 1. The standard InChI is InChI=1S/C14H16ClN3O/c1-2-5-13-16-17-14(15)18(13)11-8-9-19-12-7-4-3-6-10(11)12/h3-4,6-7,11H,2,5,8-9H2,1H3. The van der Waals surface area contributed by atoms with E-state index >= 15 is 0 Å². The predicted octanol–water partition coefficient (Wildman–Crippen LogP) is 3.26. The first kappa shape index (κ1) is 12.5. The Hall–Kier alpha value is -1.55. The van der Waals surface area contributed by atoms with E-state index in [0.717, 1.165) is 36.4 Å². The first-order valence-corrected chi connectivity index (χ1v) is 7.00. The highest BCUT2D eigenvalue weighted by molar-refractivity contribution is 6.28. The monoisotopic (exact) mass is 277 g/mol. The zero-order valence-electron chi connectivity index (χ0n) is 10.8. The smallest absolute Gasteiger partial charge is 0.225 e. The number of fused-ring (bicyclic) bond motifs is 1. The fourth-order valence-electron chi connectivity index (χ4n) is 2.60. The van der Waals surface area contributed by atoms with Gasteiger partial charge in [0.05, 0.1) is 12.6 Å². The van der Waals surface area contributed by atoms with Crippen molar-refractivity contribution < 1.29 is 4.74 Å². The number of aromatic nitrogens is 3. The second-order valence-corrected chi connectivity index (χ2v) is 5.03.